The Morgan fingerprint density at radius 1 is 1.06 bits per heavy atom. The second kappa shape index (κ2) is 12.6. The molecule has 0 aromatic heterocycles. The molecule has 7 nitrogen and oxygen atoms in total. The molecular formula is C26H20Cl2IN3O4. The molecule has 3 rings (SSSR count). The Bertz CT molecular complexity index is 1390. The highest BCUT2D eigenvalue weighted by Crippen LogP contribution is 2.35. The molecule has 2 amide bonds. The molecule has 10 heteroatoms. The van der Waals surface area contributed by atoms with Gasteiger partial charge in [0.1, 0.15) is 11.6 Å². The Labute approximate surface area is 232 Å². The quantitative estimate of drug-likeness (QED) is 0.168. The summed E-state index contributed by atoms with van der Waals surface area (Å²) in [5.74, 6) is -0.250. The normalized spacial score (nSPS) is 10.8. The number of nitriles is 1. The molecule has 0 aliphatic heterocycles. The van der Waals surface area contributed by atoms with Crippen molar-refractivity contribution in [3.8, 4) is 17.6 Å². The zero-order valence-corrected chi connectivity index (χ0v) is 22.9. The maximum absolute atomic E-state index is 12.6. The largest absolute Gasteiger partial charge is 0.493 e. The van der Waals surface area contributed by atoms with Gasteiger partial charge in [-0.2, -0.15) is 5.26 Å². The van der Waals surface area contributed by atoms with Crippen LogP contribution in [0.1, 0.15) is 11.1 Å². The second-order valence-electron chi connectivity index (χ2n) is 7.49. The first-order valence-corrected chi connectivity index (χ1v) is 12.3. The fraction of sp³-hybridized carbons (Fsp3) is 0.115. The number of anilines is 2. The van der Waals surface area contributed by atoms with Gasteiger partial charge in [0.2, 0.25) is 0 Å². The van der Waals surface area contributed by atoms with Gasteiger partial charge in [-0.3, -0.25) is 9.59 Å². The minimum Gasteiger partial charge on any atom is -0.493 e. The molecule has 0 atom stereocenters. The van der Waals surface area contributed by atoms with Gasteiger partial charge in [0.15, 0.2) is 18.1 Å². The number of amides is 2. The maximum Gasteiger partial charge on any atom is 0.266 e. The van der Waals surface area contributed by atoms with E-state index in [-0.39, 0.29) is 12.2 Å². The van der Waals surface area contributed by atoms with Crippen molar-refractivity contribution in [2.75, 3.05) is 24.4 Å². The SMILES string of the molecule is COc1cc(/C=C(\C#N)C(=O)Nc2cccc(C)c2)cc(I)c1OCC(=O)Nc1ccc(Cl)c(Cl)c1. The molecule has 3 aromatic rings. The fourth-order valence-electron chi connectivity index (χ4n) is 3.11. The third-order valence-corrected chi connectivity index (χ3v) is 6.30. The van der Waals surface area contributed by atoms with Crippen LogP contribution in [-0.2, 0) is 9.59 Å². The lowest BCUT2D eigenvalue weighted by atomic mass is 10.1. The highest BCUT2D eigenvalue weighted by Gasteiger charge is 2.16. The second-order valence-corrected chi connectivity index (χ2v) is 9.47. The van der Waals surface area contributed by atoms with Crippen LogP contribution in [0.15, 0.2) is 60.2 Å². The van der Waals surface area contributed by atoms with Crippen molar-refractivity contribution < 1.29 is 19.1 Å². The average molecular weight is 636 g/mol. The third kappa shape index (κ3) is 7.37. The molecule has 0 saturated carbocycles. The number of hydrogen-bond acceptors (Lipinski definition) is 5. The molecule has 0 radical (unpaired) electrons. The first-order valence-electron chi connectivity index (χ1n) is 10.4. The van der Waals surface area contributed by atoms with Crippen LogP contribution in [-0.4, -0.2) is 25.5 Å². The first kappa shape index (κ1) is 27.3. The lowest BCUT2D eigenvalue weighted by molar-refractivity contribution is -0.118. The first-order chi connectivity index (χ1) is 17.2. The van der Waals surface area contributed by atoms with Crippen molar-refractivity contribution in [2.24, 2.45) is 0 Å². The van der Waals surface area contributed by atoms with Crippen molar-refractivity contribution in [2.45, 2.75) is 6.92 Å². The van der Waals surface area contributed by atoms with Gasteiger partial charge in [0.05, 0.1) is 20.7 Å². The molecule has 3 aromatic carbocycles. The summed E-state index contributed by atoms with van der Waals surface area (Å²) in [6, 6.07) is 17.3. The molecule has 0 bridgehead atoms. The van der Waals surface area contributed by atoms with Gasteiger partial charge in [-0.15, -0.1) is 0 Å². The third-order valence-electron chi connectivity index (χ3n) is 4.75. The molecular weight excluding hydrogens is 616 g/mol. The summed E-state index contributed by atoms with van der Waals surface area (Å²) in [5.41, 5.74) is 2.53. The number of nitrogens with zero attached hydrogens (tertiary/aromatic N) is 1. The fourth-order valence-corrected chi connectivity index (χ4v) is 4.19. The molecule has 0 aliphatic rings. The predicted molar refractivity (Wildman–Crippen MR) is 150 cm³/mol. The average Bonchev–Trinajstić information content (AvgIpc) is 2.83. The van der Waals surface area contributed by atoms with Crippen LogP contribution >= 0.6 is 45.8 Å². The summed E-state index contributed by atoms with van der Waals surface area (Å²) < 4.78 is 11.7. The number of benzene rings is 3. The molecule has 0 aliphatic carbocycles. The van der Waals surface area contributed by atoms with E-state index < -0.39 is 11.8 Å². The number of nitrogens with one attached hydrogen (secondary N) is 2. The number of rotatable bonds is 8. The van der Waals surface area contributed by atoms with E-state index in [4.69, 9.17) is 32.7 Å². The van der Waals surface area contributed by atoms with Gasteiger partial charge in [0, 0.05) is 11.4 Å². The summed E-state index contributed by atoms with van der Waals surface area (Å²) in [6.07, 6.45) is 1.45. The molecule has 0 fully saturated rings. The lowest BCUT2D eigenvalue weighted by Gasteiger charge is -2.14. The summed E-state index contributed by atoms with van der Waals surface area (Å²) in [5, 5.41) is 15.6. The number of aryl methyl sites for hydroxylation is 1. The van der Waals surface area contributed by atoms with Crippen LogP contribution in [0.3, 0.4) is 0 Å². The Morgan fingerprint density at radius 2 is 1.81 bits per heavy atom. The van der Waals surface area contributed by atoms with Gasteiger partial charge in [-0.1, -0.05) is 35.3 Å². The molecule has 184 valence electrons. The number of carbonyl (C=O) groups excluding carboxylic acids is 2. The van der Waals surface area contributed by atoms with Crippen molar-refractivity contribution in [3.63, 3.8) is 0 Å². The smallest absolute Gasteiger partial charge is 0.266 e. The van der Waals surface area contributed by atoms with Gasteiger partial charge in [-0.25, -0.2) is 0 Å². The van der Waals surface area contributed by atoms with Gasteiger partial charge >= 0.3 is 0 Å². The molecule has 2 N–H and O–H groups in total. The molecule has 36 heavy (non-hydrogen) atoms. The van der Waals surface area contributed by atoms with E-state index in [1.165, 1.54) is 19.3 Å². The molecule has 0 saturated heterocycles. The minimum absolute atomic E-state index is 0.0796. The van der Waals surface area contributed by atoms with Crippen molar-refractivity contribution in [1.29, 1.82) is 5.26 Å². The summed E-state index contributed by atoms with van der Waals surface area (Å²) in [7, 11) is 1.46. The number of ether oxygens (including phenoxy) is 2. The Hall–Kier alpha value is -3.26. The van der Waals surface area contributed by atoms with E-state index >= 15 is 0 Å². The number of hydrogen-bond donors (Lipinski definition) is 2. The molecule has 0 spiro atoms. The predicted octanol–water partition coefficient (Wildman–Crippen LogP) is 6.48. The minimum atomic E-state index is -0.531. The monoisotopic (exact) mass is 635 g/mol. The Kier molecular flexibility index (Phi) is 9.58. The molecule has 0 heterocycles. The van der Waals surface area contributed by atoms with E-state index in [9.17, 15) is 14.9 Å². The van der Waals surface area contributed by atoms with Crippen molar-refractivity contribution in [3.05, 3.63) is 84.9 Å². The van der Waals surface area contributed by atoms with Crippen molar-refractivity contribution in [1.82, 2.24) is 0 Å². The van der Waals surface area contributed by atoms with E-state index in [1.54, 1.807) is 30.3 Å². The van der Waals surface area contributed by atoms with Gasteiger partial charge < -0.3 is 20.1 Å². The topological polar surface area (TPSA) is 100 Å². The lowest BCUT2D eigenvalue weighted by Crippen LogP contribution is -2.20. The van der Waals surface area contributed by atoms with E-state index in [1.807, 2.05) is 53.8 Å². The molecule has 0 unspecified atom stereocenters. The highest BCUT2D eigenvalue weighted by molar-refractivity contribution is 14.1. The van der Waals surface area contributed by atoms with Gasteiger partial charge in [0.25, 0.3) is 11.8 Å². The van der Waals surface area contributed by atoms with Crippen LogP contribution < -0.4 is 20.1 Å². The number of methoxy groups -OCH3 is 1. The Balaban J connectivity index is 1.73. The van der Waals surface area contributed by atoms with Gasteiger partial charge in [-0.05, 0) is 89.2 Å². The zero-order chi connectivity index (χ0) is 26.2. The number of halogens is 3. The van der Waals surface area contributed by atoms with Crippen LogP contribution in [0, 0.1) is 21.8 Å². The van der Waals surface area contributed by atoms with E-state index in [2.05, 4.69) is 10.6 Å². The van der Waals surface area contributed by atoms with Crippen LogP contribution in [0.25, 0.3) is 6.08 Å². The van der Waals surface area contributed by atoms with Crippen LogP contribution in [0.4, 0.5) is 11.4 Å². The highest BCUT2D eigenvalue weighted by atomic mass is 127. The zero-order valence-electron chi connectivity index (χ0n) is 19.2. The van der Waals surface area contributed by atoms with Crippen LogP contribution in [0.2, 0.25) is 10.0 Å². The van der Waals surface area contributed by atoms with E-state index in [0.29, 0.717) is 42.1 Å². The summed E-state index contributed by atoms with van der Waals surface area (Å²) >= 11 is 13.9. The maximum atomic E-state index is 12.6. The number of carbonyl (C=O) groups is 2. The van der Waals surface area contributed by atoms with E-state index in [0.717, 1.165) is 5.56 Å². The Morgan fingerprint density at radius 3 is 2.47 bits per heavy atom. The standard InChI is InChI=1S/C26H20Cl2IN3O4/c1-15-4-3-5-18(8-15)32-26(34)17(13-30)9-16-10-22(29)25(23(11-16)35-2)36-14-24(33)31-19-6-7-20(27)21(28)12-19/h3-12H,14H2,1-2H3,(H,31,33)(H,32,34)/b17-9+. The summed E-state index contributed by atoms with van der Waals surface area (Å²) in [6.45, 7) is 1.62. The van der Waals surface area contributed by atoms with Crippen LogP contribution in [0.5, 0.6) is 11.5 Å². The van der Waals surface area contributed by atoms with Crippen molar-refractivity contribution >= 4 is 75.1 Å². The summed E-state index contributed by atoms with van der Waals surface area (Å²) in [4.78, 5) is 25.0.